The third-order valence-electron chi connectivity index (χ3n) is 6.35. The van der Waals surface area contributed by atoms with Crippen molar-refractivity contribution in [3.8, 4) is 0 Å². The molecule has 4 heterocycles. The second kappa shape index (κ2) is 7.99. The van der Waals surface area contributed by atoms with Gasteiger partial charge in [-0.15, -0.1) is 0 Å². The van der Waals surface area contributed by atoms with Gasteiger partial charge < -0.3 is 9.80 Å². The van der Waals surface area contributed by atoms with Gasteiger partial charge in [-0.2, -0.15) is 5.10 Å². The number of nitrogens with zero attached hydrogens (tertiary/aromatic N) is 7. The maximum Gasteiger partial charge on any atom is 0.139 e. The third-order valence-corrected chi connectivity index (χ3v) is 6.35. The van der Waals surface area contributed by atoms with Gasteiger partial charge in [0.05, 0.1) is 5.52 Å². The van der Waals surface area contributed by atoms with Crippen LogP contribution in [-0.4, -0.2) is 70.5 Å². The Hall–Kier alpha value is -2.67. The average Bonchev–Trinajstić information content (AvgIpc) is 3.44. The van der Waals surface area contributed by atoms with Crippen LogP contribution in [-0.2, 0) is 13.5 Å². The van der Waals surface area contributed by atoms with Crippen molar-refractivity contribution in [2.24, 2.45) is 7.05 Å². The molecule has 2 saturated heterocycles. The molecule has 0 bridgehead atoms. The number of hydrogen-bond acceptors (Lipinski definition) is 6. The Balaban J connectivity index is 1.27. The molecule has 2 aromatic heterocycles. The largest absolute Gasteiger partial charge is 0.369 e. The highest BCUT2D eigenvalue weighted by molar-refractivity contribution is 5.92. The number of fused-ring (bicyclic) bond motifs is 1. The van der Waals surface area contributed by atoms with Gasteiger partial charge >= 0.3 is 0 Å². The van der Waals surface area contributed by atoms with E-state index in [4.69, 9.17) is 0 Å². The lowest BCUT2D eigenvalue weighted by molar-refractivity contribution is 0.259. The Kier molecular flexibility index (Phi) is 5.06. The first-order valence-corrected chi connectivity index (χ1v) is 10.7. The fraction of sp³-hybridized carbons (Fsp3) is 0.500. The van der Waals surface area contributed by atoms with E-state index in [1.165, 1.54) is 29.6 Å². The van der Waals surface area contributed by atoms with Gasteiger partial charge in [-0.3, -0.25) is 9.58 Å². The zero-order valence-corrected chi connectivity index (χ0v) is 17.2. The Morgan fingerprint density at radius 3 is 2.48 bits per heavy atom. The van der Waals surface area contributed by atoms with Crippen molar-refractivity contribution in [2.45, 2.75) is 19.3 Å². The second-order valence-electron chi connectivity index (χ2n) is 8.12. The van der Waals surface area contributed by atoms with Crippen molar-refractivity contribution in [1.82, 2.24) is 24.6 Å². The average molecular weight is 392 g/mol. The summed E-state index contributed by atoms with van der Waals surface area (Å²) in [6.07, 6.45) is 7.16. The lowest BCUT2D eigenvalue weighted by Gasteiger charge is -2.36. The fourth-order valence-electron chi connectivity index (χ4n) is 4.56. The van der Waals surface area contributed by atoms with Crippen LogP contribution in [0.2, 0.25) is 0 Å². The Labute approximate surface area is 171 Å². The normalized spacial score (nSPS) is 18.1. The van der Waals surface area contributed by atoms with Crippen LogP contribution in [0.5, 0.6) is 0 Å². The molecule has 5 rings (SSSR count). The number of benzene rings is 1. The standard InChI is InChI=1S/C22H29N7/c1-26-18(6-8-25-26)7-11-27-12-14-28(15-13-27)19-4-5-21-20(16-19)22(24-17-23-21)29-9-2-3-10-29/h4-6,8,16-17H,2-3,7,9-15H2,1H3. The summed E-state index contributed by atoms with van der Waals surface area (Å²) < 4.78 is 1.98. The molecule has 152 valence electrons. The van der Waals surface area contributed by atoms with Crippen molar-refractivity contribution in [3.05, 3.63) is 42.5 Å². The van der Waals surface area contributed by atoms with Crippen LogP contribution in [0, 0.1) is 0 Å². The molecule has 0 N–H and O–H groups in total. The summed E-state index contributed by atoms with van der Waals surface area (Å²) >= 11 is 0. The first-order chi connectivity index (χ1) is 14.3. The van der Waals surface area contributed by atoms with Crippen LogP contribution in [0.25, 0.3) is 10.9 Å². The lowest BCUT2D eigenvalue weighted by Crippen LogP contribution is -2.47. The van der Waals surface area contributed by atoms with E-state index < -0.39 is 0 Å². The van der Waals surface area contributed by atoms with Crippen LogP contribution >= 0.6 is 0 Å². The predicted molar refractivity (Wildman–Crippen MR) is 117 cm³/mol. The summed E-state index contributed by atoms with van der Waals surface area (Å²) in [6.45, 7) is 7.61. The van der Waals surface area contributed by atoms with Gasteiger partial charge in [0.25, 0.3) is 0 Å². The number of aryl methyl sites for hydroxylation is 1. The summed E-state index contributed by atoms with van der Waals surface area (Å²) in [4.78, 5) is 16.6. The molecule has 2 fully saturated rings. The van der Waals surface area contributed by atoms with Crippen LogP contribution in [0.15, 0.2) is 36.8 Å². The number of anilines is 2. The quantitative estimate of drug-likeness (QED) is 0.665. The van der Waals surface area contributed by atoms with Crippen molar-refractivity contribution < 1.29 is 0 Å². The summed E-state index contributed by atoms with van der Waals surface area (Å²) in [5.41, 5.74) is 3.64. The molecule has 29 heavy (non-hydrogen) atoms. The van der Waals surface area contributed by atoms with Crippen LogP contribution < -0.4 is 9.80 Å². The van der Waals surface area contributed by atoms with E-state index in [0.717, 1.165) is 63.6 Å². The van der Waals surface area contributed by atoms with E-state index in [2.05, 4.69) is 54.0 Å². The minimum Gasteiger partial charge on any atom is -0.369 e. The molecular formula is C22H29N7. The monoisotopic (exact) mass is 391 g/mol. The smallest absolute Gasteiger partial charge is 0.139 e. The molecular weight excluding hydrogens is 362 g/mol. The topological polar surface area (TPSA) is 53.3 Å². The molecule has 0 saturated carbocycles. The van der Waals surface area contributed by atoms with E-state index >= 15 is 0 Å². The highest BCUT2D eigenvalue weighted by atomic mass is 15.3. The first kappa shape index (κ1) is 18.4. The van der Waals surface area contributed by atoms with Gasteiger partial charge in [-0.05, 0) is 37.1 Å². The van der Waals surface area contributed by atoms with Crippen LogP contribution in [0.4, 0.5) is 11.5 Å². The minimum absolute atomic E-state index is 1.04. The number of hydrogen-bond donors (Lipinski definition) is 0. The molecule has 2 aliphatic rings. The zero-order chi connectivity index (χ0) is 19.6. The zero-order valence-electron chi connectivity index (χ0n) is 17.2. The third kappa shape index (κ3) is 3.79. The van der Waals surface area contributed by atoms with Crippen molar-refractivity contribution in [3.63, 3.8) is 0 Å². The van der Waals surface area contributed by atoms with E-state index in [-0.39, 0.29) is 0 Å². The minimum atomic E-state index is 1.04. The van der Waals surface area contributed by atoms with Gasteiger partial charge in [-0.25, -0.2) is 9.97 Å². The second-order valence-corrected chi connectivity index (χ2v) is 8.12. The maximum atomic E-state index is 4.62. The summed E-state index contributed by atoms with van der Waals surface area (Å²) in [7, 11) is 2.02. The fourth-order valence-corrected chi connectivity index (χ4v) is 4.56. The van der Waals surface area contributed by atoms with E-state index in [0.29, 0.717) is 0 Å². The molecule has 3 aromatic rings. The maximum absolute atomic E-state index is 4.62. The summed E-state index contributed by atoms with van der Waals surface area (Å²) in [5, 5.41) is 5.45. The van der Waals surface area contributed by atoms with E-state index in [1.54, 1.807) is 6.33 Å². The first-order valence-electron chi connectivity index (χ1n) is 10.7. The number of piperazine rings is 1. The van der Waals surface area contributed by atoms with Crippen LogP contribution in [0.3, 0.4) is 0 Å². The van der Waals surface area contributed by atoms with Crippen LogP contribution in [0.1, 0.15) is 18.5 Å². The van der Waals surface area contributed by atoms with Crippen molar-refractivity contribution in [1.29, 1.82) is 0 Å². The lowest BCUT2D eigenvalue weighted by atomic mass is 10.1. The molecule has 7 nitrogen and oxygen atoms in total. The van der Waals surface area contributed by atoms with Gasteiger partial charge in [0, 0.05) is 82.2 Å². The Morgan fingerprint density at radius 2 is 1.72 bits per heavy atom. The van der Waals surface area contributed by atoms with E-state index in [1.807, 2.05) is 17.9 Å². The molecule has 2 aliphatic heterocycles. The van der Waals surface area contributed by atoms with Gasteiger partial charge in [0.15, 0.2) is 0 Å². The number of aromatic nitrogens is 4. The predicted octanol–water partition coefficient (Wildman–Crippen LogP) is 2.33. The van der Waals surface area contributed by atoms with Gasteiger partial charge in [0.2, 0.25) is 0 Å². The molecule has 0 unspecified atom stereocenters. The molecule has 0 atom stereocenters. The molecule has 0 spiro atoms. The molecule has 0 amide bonds. The van der Waals surface area contributed by atoms with Gasteiger partial charge in [0.1, 0.15) is 12.1 Å². The SMILES string of the molecule is Cn1nccc1CCN1CCN(c2ccc3ncnc(N4CCCC4)c3c2)CC1. The molecule has 0 aliphatic carbocycles. The Bertz CT molecular complexity index is 968. The van der Waals surface area contributed by atoms with Gasteiger partial charge in [-0.1, -0.05) is 0 Å². The highest BCUT2D eigenvalue weighted by Crippen LogP contribution is 2.29. The number of rotatable bonds is 5. The molecule has 7 heteroatoms. The summed E-state index contributed by atoms with van der Waals surface area (Å²) in [6, 6.07) is 8.79. The van der Waals surface area contributed by atoms with Crippen molar-refractivity contribution in [2.75, 3.05) is 55.6 Å². The highest BCUT2D eigenvalue weighted by Gasteiger charge is 2.20. The summed E-state index contributed by atoms with van der Waals surface area (Å²) in [5.74, 6) is 1.10. The molecule has 0 radical (unpaired) electrons. The Morgan fingerprint density at radius 1 is 0.897 bits per heavy atom. The van der Waals surface area contributed by atoms with Crippen molar-refractivity contribution >= 4 is 22.4 Å². The van der Waals surface area contributed by atoms with E-state index in [9.17, 15) is 0 Å². The molecule has 1 aromatic carbocycles.